The monoisotopic (exact) mass is 396 g/mol. The molecule has 21 heavy (non-hydrogen) atoms. The Kier molecular flexibility index (Phi) is 7.83. The molecule has 0 aliphatic heterocycles. The summed E-state index contributed by atoms with van der Waals surface area (Å²) in [5.41, 5.74) is 1.72. The van der Waals surface area contributed by atoms with Crippen molar-refractivity contribution in [3.63, 3.8) is 0 Å². The topological polar surface area (TPSA) is 60.2 Å². The average molecular weight is 396 g/mol. The maximum Gasteiger partial charge on any atom is 0.191 e. The van der Waals surface area contributed by atoms with Crippen LogP contribution in [-0.4, -0.2) is 18.5 Å². The van der Waals surface area contributed by atoms with Crippen molar-refractivity contribution in [3.05, 3.63) is 47.5 Å². The number of rotatable bonds is 4. The van der Waals surface area contributed by atoms with E-state index in [1.54, 1.807) is 6.07 Å². The Balaban J connectivity index is 0.00000220. The zero-order valence-electron chi connectivity index (χ0n) is 12.2. The Morgan fingerprint density at radius 2 is 2.14 bits per heavy atom. The molecule has 2 rings (SSSR count). The van der Waals surface area contributed by atoms with Gasteiger partial charge >= 0.3 is 0 Å². The van der Waals surface area contributed by atoms with Crippen LogP contribution in [0.5, 0.6) is 0 Å². The van der Waals surface area contributed by atoms with Gasteiger partial charge in [-0.1, -0.05) is 24.3 Å². The highest BCUT2D eigenvalue weighted by atomic mass is 127. The highest BCUT2D eigenvalue weighted by Crippen LogP contribution is 2.09. The summed E-state index contributed by atoms with van der Waals surface area (Å²) in [6.07, 6.45) is 6.48. The van der Waals surface area contributed by atoms with Gasteiger partial charge in [-0.2, -0.15) is 5.26 Å². The molecule has 0 bridgehead atoms. The molecule has 0 saturated carbocycles. The van der Waals surface area contributed by atoms with Crippen molar-refractivity contribution in [2.45, 2.75) is 32.4 Å². The summed E-state index contributed by atoms with van der Waals surface area (Å²) in [6.45, 7) is 3.47. The van der Waals surface area contributed by atoms with Crippen LogP contribution < -0.4 is 10.6 Å². The van der Waals surface area contributed by atoms with Gasteiger partial charge in [-0.15, -0.1) is 24.0 Å². The summed E-state index contributed by atoms with van der Waals surface area (Å²) in [5, 5.41) is 15.6. The number of benzene rings is 1. The Morgan fingerprint density at radius 1 is 1.38 bits per heavy atom. The number of hydrogen-bond donors (Lipinski definition) is 2. The van der Waals surface area contributed by atoms with Crippen LogP contribution in [0.25, 0.3) is 0 Å². The van der Waals surface area contributed by atoms with Crippen LogP contribution in [0.15, 0.2) is 41.4 Å². The molecular formula is C16H21IN4. The molecule has 0 radical (unpaired) electrons. The summed E-state index contributed by atoms with van der Waals surface area (Å²) < 4.78 is 0. The van der Waals surface area contributed by atoms with Gasteiger partial charge in [0.25, 0.3) is 0 Å². The largest absolute Gasteiger partial charge is 0.357 e. The molecule has 5 heteroatoms. The highest BCUT2D eigenvalue weighted by molar-refractivity contribution is 14.0. The third-order valence-electron chi connectivity index (χ3n) is 3.17. The van der Waals surface area contributed by atoms with Gasteiger partial charge in [0.05, 0.1) is 18.2 Å². The zero-order chi connectivity index (χ0) is 14.2. The van der Waals surface area contributed by atoms with Crippen LogP contribution in [0.4, 0.5) is 0 Å². The van der Waals surface area contributed by atoms with Gasteiger partial charge < -0.3 is 10.6 Å². The van der Waals surface area contributed by atoms with Gasteiger partial charge in [0.2, 0.25) is 0 Å². The number of guanidine groups is 1. The number of nitriles is 1. The molecule has 1 aromatic rings. The van der Waals surface area contributed by atoms with Crippen molar-refractivity contribution >= 4 is 29.9 Å². The molecule has 0 heterocycles. The van der Waals surface area contributed by atoms with Crippen molar-refractivity contribution < 1.29 is 0 Å². The second-order valence-electron chi connectivity index (χ2n) is 4.79. The van der Waals surface area contributed by atoms with Crippen LogP contribution in [0, 0.1) is 11.3 Å². The first-order valence-electron chi connectivity index (χ1n) is 7.00. The molecule has 1 aliphatic rings. The fourth-order valence-electron chi connectivity index (χ4n) is 2.16. The Bertz CT molecular complexity index is 537. The third kappa shape index (κ3) is 5.76. The van der Waals surface area contributed by atoms with E-state index in [0.29, 0.717) is 18.2 Å². The predicted octanol–water partition coefficient (Wildman–Crippen LogP) is 2.95. The van der Waals surface area contributed by atoms with Crippen LogP contribution >= 0.6 is 24.0 Å². The van der Waals surface area contributed by atoms with Crippen molar-refractivity contribution in [2.24, 2.45) is 4.99 Å². The maximum atomic E-state index is 8.90. The van der Waals surface area contributed by atoms with E-state index in [4.69, 9.17) is 5.26 Å². The maximum absolute atomic E-state index is 8.90. The number of nitrogens with zero attached hydrogens (tertiary/aromatic N) is 2. The van der Waals surface area contributed by atoms with E-state index >= 15 is 0 Å². The second kappa shape index (κ2) is 9.40. The molecule has 1 aliphatic carbocycles. The molecule has 0 amide bonds. The van der Waals surface area contributed by atoms with Crippen LogP contribution in [0.3, 0.4) is 0 Å². The van der Waals surface area contributed by atoms with Crippen LogP contribution in [0.1, 0.15) is 30.9 Å². The van der Waals surface area contributed by atoms with Gasteiger partial charge in [0.1, 0.15) is 0 Å². The minimum absolute atomic E-state index is 0. The van der Waals surface area contributed by atoms with Crippen molar-refractivity contribution in [2.75, 3.05) is 6.54 Å². The van der Waals surface area contributed by atoms with Gasteiger partial charge in [-0.3, -0.25) is 0 Å². The first-order chi connectivity index (χ1) is 9.81. The molecule has 0 saturated heterocycles. The number of halogens is 1. The smallest absolute Gasteiger partial charge is 0.191 e. The summed E-state index contributed by atoms with van der Waals surface area (Å²) in [5.74, 6) is 0.837. The van der Waals surface area contributed by atoms with Gasteiger partial charge in [-0.05, 0) is 37.5 Å². The minimum Gasteiger partial charge on any atom is -0.357 e. The Hall–Kier alpha value is -1.55. The normalized spacial score (nSPS) is 14.4. The zero-order valence-corrected chi connectivity index (χ0v) is 14.5. The summed E-state index contributed by atoms with van der Waals surface area (Å²) >= 11 is 0. The van der Waals surface area contributed by atoms with E-state index in [-0.39, 0.29) is 24.0 Å². The van der Waals surface area contributed by atoms with Gasteiger partial charge in [-0.25, -0.2) is 4.99 Å². The predicted molar refractivity (Wildman–Crippen MR) is 96.7 cm³/mol. The lowest BCUT2D eigenvalue weighted by molar-refractivity contribution is 0.633. The summed E-state index contributed by atoms with van der Waals surface area (Å²) in [4.78, 5) is 4.58. The fraction of sp³-hybridized carbons (Fsp3) is 0.375. The average Bonchev–Trinajstić information content (AvgIpc) is 2.98. The van der Waals surface area contributed by atoms with Gasteiger partial charge in [0.15, 0.2) is 5.96 Å². The second-order valence-corrected chi connectivity index (χ2v) is 4.79. The first-order valence-corrected chi connectivity index (χ1v) is 7.00. The SMILES string of the molecule is CCNC(=NCc1cccc(C#N)c1)NC1CC=CC1.I. The van der Waals surface area contributed by atoms with Crippen molar-refractivity contribution in [1.29, 1.82) is 5.26 Å². The van der Waals surface area contributed by atoms with Crippen LogP contribution in [-0.2, 0) is 6.54 Å². The summed E-state index contributed by atoms with van der Waals surface area (Å²) in [6, 6.07) is 10.2. The fourth-order valence-corrected chi connectivity index (χ4v) is 2.16. The van der Waals surface area contributed by atoms with Crippen LogP contribution in [0.2, 0.25) is 0 Å². The molecule has 0 unspecified atom stereocenters. The Morgan fingerprint density at radius 3 is 2.81 bits per heavy atom. The lowest BCUT2D eigenvalue weighted by Crippen LogP contribution is -2.42. The van der Waals surface area contributed by atoms with Crippen molar-refractivity contribution in [1.82, 2.24) is 10.6 Å². The molecule has 1 aromatic carbocycles. The van der Waals surface area contributed by atoms with E-state index in [2.05, 4.69) is 40.8 Å². The van der Waals surface area contributed by atoms with E-state index in [0.717, 1.165) is 30.9 Å². The first kappa shape index (κ1) is 17.5. The lowest BCUT2D eigenvalue weighted by atomic mass is 10.1. The molecule has 0 aromatic heterocycles. The third-order valence-corrected chi connectivity index (χ3v) is 3.17. The molecule has 112 valence electrons. The quantitative estimate of drug-likeness (QED) is 0.356. The summed E-state index contributed by atoms with van der Waals surface area (Å²) in [7, 11) is 0. The molecule has 0 fully saturated rings. The van der Waals surface area contributed by atoms with Crippen molar-refractivity contribution in [3.8, 4) is 6.07 Å². The highest BCUT2D eigenvalue weighted by Gasteiger charge is 2.11. The van der Waals surface area contributed by atoms with E-state index in [1.165, 1.54) is 0 Å². The molecular weight excluding hydrogens is 375 g/mol. The Labute approximate surface area is 143 Å². The number of hydrogen-bond acceptors (Lipinski definition) is 2. The number of aliphatic imine (C=N–C) groups is 1. The van der Waals surface area contributed by atoms with Gasteiger partial charge in [0, 0.05) is 12.6 Å². The van der Waals surface area contributed by atoms with E-state index < -0.39 is 0 Å². The standard InChI is InChI=1S/C16H20N4.HI/c1-2-18-16(20-15-8-3-4-9-15)19-12-14-7-5-6-13(10-14)11-17;/h3-7,10,15H,2,8-9,12H2,1H3,(H2,18,19,20);1H. The number of nitrogens with one attached hydrogen (secondary N) is 2. The molecule has 0 spiro atoms. The minimum atomic E-state index is 0. The van der Waals surface area contributed by atoms with E-state index in [1.807, 2.05) is 18.2 Å². The molecule has 4 nitrogen and oxygen atoms in total. The molecule has 2 N–H and O–H groups in total. The van der Waals surface area contributed by atoms with E-state index in [9.17, 15) is 0 Å². The lowest BCUT2D eigenvalue weighted by Gasteiger charge is -2.16. The molecule has 0 atom stereocenters.